The number of aryl methyl sites for hydroxylation is 6. The van der Waals surface area contributed by atoms with Crippen LogP contribution in [0.2, 0.25) is 0 Å². The number of aromatic nitrogens is 2. The van der Waals surface area contributed by atoms with E-state index in [1.807, 2.05) is 36.9 Å². The van der Waals surface area contributed by atoms with Gasteiger partial charge in [-0.3, -0.25) is 9.97 Å². The zero-order valence-corrected chi connectivity index (χ0v) is 26.3. The summed E-state index contributed by atoms with van der Waals surface area (Å²) in [5, 5.41) is 0. The molecular weight excluding hydrogens is 495 g/mol. The Morgan fingerprint density at radius 1 is 0.439 bits per heavy atom. The van der Waals surface area contributed by atoms with E-state index in [1.165, 1.54) is 94.3 Å². The van der Waals surface area contributed by atoms with Gasteiger partial charge in [-0.2, -0.15) is 0 Å². The topological polar surface area (TPSA) is 25.8 Å². The van der Waals surface area contributed by atoms with E-state index < -0.39 is 0 Å². The predicted molar refractivity (Wildman–Crippen MR) is 178 cm³/mol. The van der Waals surface area contributed by atoms with E-state index >= 15 is 0 Å². The summed E-state index contributed by atoms with van der Waals surface area (Å²) in [5.74, 6) is 0. The van der Waals surface area contributed by atoms with Gasteiger partial charge in [0.1, 0.15) is 0 Å². The lowest BCUT2D eigenvalue weighted by molar-refractivity contribution is 1.25. The van der Waals surface area contributed by atoms with Crippen molar-refractivity contribution in [3.05, 3.63) is 123 Å². The van der Waals surface area contributed by atoms with Crippen molar-refractivity contribution in [2.75, 3.05) is 0 Å². The second-order valence-corrected chi connectivity index (χ2v) is 11.9. The highest BCUT2D eigenvalue weighted by Gasteiger charge is 2.33. The van der Waals surface area contributed by atoms with E-state index in [0.29, 0.717) is 0 Å². The minimum absolute atomic E-state index is 0.0846. The second-order valence-electron chi connectivity index (χ2n) is 11.9. The van der Waals surface area contributed by atoms with Gasteiger partial charge in [-0.15, -0.1) is 0 Å². The molecule has 41 heavy (non-hydrogen) atoms. The highest BCUT2D eigenvalue weighted by Crippen LogP contribution is 2.30. The van der Waals surface area contributed by atoms with Crippen molar-refractivity contribution in [3.63, 3.8) is 0 Å². The monoisotopic (exact) mass is 536 g/mol. The lowest BCUT2D eigenvalue weighted by Crippen LogP contribution is -2.58. The molecule has 3 heteroatoms. The molecule has 3 aromatic carbocycles. The molecular formula is C38H41BN2. The highest BCUT2D eigenvalue weighted by atomic mass is 14.6. The van der Waals surface area contributed by atoms with Crippen LogP contribution in [0, 0.1) is 69.2 Å². The molecule has 0 unspecified atom stereocenters. The molecule has 0 saturated carbocycles. The molecule has 0 amide bonds. The quantitative estimate of drug-likeness (QED) is 0.219. The lowest BCUT2D eigenvalue weighted by atomic mass is 9.32. The molecule has 5 aromatic rings. The number of nitrogens with zero attached hydrogens (tertiary/aromatic N) is 2. The summed E-state index contributed by atoms with van der Waals surface area (Å²) < 4.78 is 0. The van der Waals surface area contributed by atoms with Gasteiger partial charge in [0.25, 0.3) is 0 Å². The molecule has 0 radical (unpaired) electrons. The van der Waals surface area contributed by atoms with Gasteiger partial charge in [0.2, 0.25) is 6.71 Å². The third-order valence-electron chi connectivity index (χ3n) is 9.24. The Balaban J connectivity index is 1.95. The molecule has 0 saturated heterocycles. The van der Waals surface area contributed by atoms with Crippen LogP contribution in [0.1, 0.15) is 55.6 Å². The summed E-state index contributed by atoms with van der Waals surface area (Å²) in [4.78, 5) is 8.97. The number of hydrogen-bond acceptors (Lipinski definition) is 2. The molecule has 0 N–H and O–H groups in total. The standard InChI is InChI=1S/C38H41BN2/c1-22-17-25(4)36(29(8)28(22)7)39(37-26(5)18-23(2)34(30(37)9)32-13-11-15-40-20-32)38-27(6)19-24(3)35(31(38)10)33-14-12-16-41-21-33/h11-21H,1-10H3. The van der Waals surface area contributed by atoms with Gasteiger partial charge in [-0.1, -0.05) is 69.0 Å². The van der Waals surface area contributed by atoms with Crippen molar-refractivity contribution in [2.24, 2.45) is 0 Å². The molecule has 2 heterocycles. The van der Waals surface area contributed by atoms with Crippen LogP contribution in [0.25, 0.3) is 22.3 Å². The maximum absolute atomic E-state index is 4.48. The molecule has 0 aliphatic carbocycles. The fourth-order valence-corrected chi connectivity index (χ4v) is 7.38. The van der Waals surface area contributed by atoms with Crippen LogP contribution in [-0.4, -0.2) is 16.7 Å². The summed E-state index contributed by atoms with van der Waals surface area (Å²) in [6.45, 7) is 22.9. The molecule has 0 bridgehead atoms. The van der Waals surface area contributed by atoms with Crippen molar-refractivity contribution < 1.29 is 0 Å². The predicted octanol–water partition coefficient (Wildman–Crippen LogP) is 7.41. The van der Waals surface area contributed by atoms with Crippen molar-refractivity contribution in [1.29, 1.82) is 0 Å². The third kappa shape index (κ3) is 4.92. The smallest absolute Gasteiger partial charge is 0.243 e. The van der Waals surface area contributed by atoms with Crippen molar-refractivity contribution in [1.82, 2.24) is 9.97 Å². The molecule has 2 nitrogen and oxygen atoms in total. The van der Waals surface area contributed by atoms with Crippen LogP contribution in [0.15, 0.2) is 67.3 Å². The van der Waals surface area contributed by atoms with Crippen molar-refractivity contribution >= 4 is 23.1 Å². The Labute approximate surface area is 247 Å². The zero-order valence-electron chi connectivity index (χ0n) is 26.3. The molecule has 0 aliphatic rings. The van der Waals surface area contributed by atoms with Gasteiger partial charge < -0.3 is 0 Å². The Morgan fingerprint density at radius 3 is 1.22 bits per heavy atom. The normalized spacial score (nSPS) is 11.2. The van der Waals surface area contributed by atoms with Crippen molar-refractivity contribution in [3.8, 4) is 22.3 Å². The number of hydrogen-bond donors (Lipinski definition) is 0. The van der Waals surface area contributed by atoms with Crippen molar-refractivity contribution in [2.45, 2.75) is 69.2 Å². The molecule has 0 fully saturated rings. The van der Waals surface area contributed by atoms with Crippen LogP contribution >= 0.6 is 0 Å². The lowest BCUT2D eigenvalue weighted by Gasteiger charge is -2.30. The number of benzene rings is 3. The first-order valence-electron chi connectivity index (χ1n) is 14.6. The second kappa shape index (κ2) is 11.1. The van der Waals surface area contributed by atoms with Gasteiger partial charge in [-0.05, 0) is 126 Å². The minimum Gasteiger partial charge on any atom is -0.264 e. The minimum atomic E-state index is 0.0846. The number of pyridine rings is 2. The van der Waals surface area contributed by atoms with Crippen LogP contribution in [0.4, 0.5) is 0 Å². The summed E-state index contributed by atoms with van der Waals surface area (Å²) in [7, 11) is 0. The fraction of sp³-hybridized carbons (Fsp3) is 0.263. The van der Waals surface area contributed by atoms with Gasteiger partial charge in [0.15, 0.2) is 0 Å². The maximum Gasteiger partial charge on any atom is 0.243 e. The Kier molecular flexibility index (Phi) is 7.75. The average molecular weight is 537 g/mol. The van der Waals surface area contributed by atoms with Crippen LogP contribution in [0.5, 0.6) is 0 Å². The molecule has 0 atom stereocenters. The zero-order chi connectivity index (χ0) is 29.6. The van der Waals surface area contributed by atoms with E-state index in [9.17, 15) is 0 Å². The summed E-state index contributed by atoms with van der Waals surface area (Å²) in [6, 6.07) is 15.6. The van der Waals surface area contributed by atoms with Crippen LogP contribution in [0.3, 0.4) is 0 Å². The first-order chi connectivity index (χ1) is 19.5. The van der Waals surface area contributed by atoms with Gasteiger partial charge in [0.05, 0.1) is 0 Å². The Bertz CT molecular complexity index is 1670. The average Bonchev–Trinajstić information content (AvgIpc) is 2.92. The van der Waals surface area contributed by atoms with Gasteiger partial charge in [-0.25, -0.2) is 0 Å². The Hall–Kier alpha value is -3.98. The fourth-order valence-electron chi connectivity index (χ4n) is 7.38. The summed E-state index contributed by atoms with van der Waals surface area (Å²) >= 11 is 0. The SMILES string of the molecule is Cc1cc(C)c(B(c2c(C)cc(C)c(-c3cccnc3)c2C)c2c(C)cc(C)c(-c3cccnc3)c2C)c(C)c1C. The number of rotatable bonds is 5. The van der Waals surface area contributed by atoms with Gasteiger partial charge in [0, 0.05) is 35.9 Å². The maximum atomic E-state index is 4.48. The van der Waals surface area contributed by atoms with E-state index in [0.717, 1.165) is 0 Å². The van der Waals surface area contributed by atoms with E-state index in [1.54, 1.807) is 0 Å². The molecule has 2 aromatic heterocycles. The largest absolute Gasteiger partial charge is 0.264 e. The van der Waals surface area contributed by atoms with Gasteiger partial charge >= 0.3 is 0 Å². The highest BCUT2D eigenvalue weighted by molar-refractivity contribution is 6.97. The van der Waals surface area contributed by atoms with E-state index in [-0.39, 0.29) is 6.71 Å². The first kappa shape index (κ1) is 28.5. The Morgan fingerprint density at radius 2 is 0.829 bits per heavy atom. The van der Waals surface area contributed by atoms with Crippen LogP contribution < -0.4 is 16.4 Å². The summed E-state index contributed by atoms with van der Waals surface area (Å²) in [5.41, 5.74) is 22.5. The van der Waals surface area contributed by atoms with E-state index in [4.69, 9.17) is 0 Å². The molecule has 0 spiro atoms. The molecule has 0 aliphatic heterocycles. The third-order valence-corrected chi connectivity index (χ3v) is 9.24. The summed E-state index contributed by atoms with van der Waals surface area (Å²) in [6.07, 6.45) is 7.71. The molecule has 206 valence electrons. The molecule has 5 rings (SSSR count). The van der Waals surface area contributed by atoms with E-state index in [2.05, 4.69) is 110 Å². The van der Waals surface area contributed by atoms with Crippen LogP contribution in [-0.2, 0) is 0 Å². The first-order valence-corrected chi connectivity index (χ1v) is 14.6.